The minimum absolute atomic E-state index is 0.226. The molecule has 2 heterocycles. The molecule has 0 unspecified atom stereocenters. The Kier molecular flexibility index (Phi) is 5.05. The van der Waals surface area contributed by atoms with Gasteiger partial charge >= 0.3 is 5.97 Å². The van der Waals surface area contributed by atoms with Crippen molar-refractivity contribution in [2.75, 3.05) is 0 Å². The number of amides is 1. The average molecular weight is 404 g/mol. The molecule has 3 aromatic rings. The van der Waals surface area contributed by atoms with Crippen LogP contribution >= 0.6 is 11.8 Å². The minimum atomic E-state index is -0.971. The molecule has 1 amide bonds. The quantitative estimate of drug-likeness (QED) is 0.607. The maximum Gasteiger partial charge on any atom is 0.335 e. The molecule has 144 valence electrons. The highest BCUT2D eigenvalue weighted by Crippen LogP contribution is 2.31. The Morgan fingerprint density at radius 1 is 1.14 bits per heavy atom. The highest BCUT2D eigenvalue weighted by atomic mass is 32.2. The number of nitrogens with zero attached hydrogens (tertiary/aromatic N) is 1. The van der Waals surface area contributed by atoms with Crippen molar-refractivity contribution in [2.45, 2.75) is 6.92 Å². The van der Waals surface area contributed by atoms with E-state index in [9.17, 15) is 9.59 Å². The van der Waals surface area contributed by atoms with Crippen molar-refractivity contribution < 1.29 is 19.1 Å². The first kappa shape index (κ1) is 18.8. The molecule has 6 nitrogen and oxygen atoms in total. The molecule has 1 fully saturated rings. The van der Waals surface area contributed by atoms with Gasteiger partial charge in [0.1, 0.15) is 11.5 Å². The fourth-order valence-corrected chi connectivity index (χ4v) is 3.70. The standard InChI is InChI=1S/C22H16N2O4S/c1-13-11-14(21(26)27)7-9-17(13)18-10-8-16(28-18)12-19-20(25)24-22(29-19)23-15-5-3-2-4-6-15/h2-12H,1H3,(H,26,27)(H,23,24,25)/b19-12-. The summed E-state index contributed by atoms with van der Waals surface area (Å²) in [7, 11) is 0. The number of aliphatic imine (C=N–C) groups is 1. The van der Waals surface area contributed by atoms with Gasteiger partial charge in [0.25, 0.3) is 5.91 Å². The lowest BCUT2D eigenvalue weighted by Crippen LogP contribution is -2.19. The molecule has 1 saturated heterocycles. The van der Waals surface area contributed by atoms with Gasteiger partial charge in [-0.25, -0.2) is 9.79 Å². The molecule has 1 aliphatic heterocycles. The van der Waals surface area contributed by atoms with Crippen LogP contribution in [0.5, 0.6) is 0 Å². The van der Waals surface area contributed by atoms with Gasteiger partial charge in [-0.1, -0.05) is 24.3 Å². The third-order valence-electron chi connectivity index (χ3n) is 4.28. The number of hydrogen-bond acceptors (Lipinski definition) is 5. The molecular formula is C22H16N2O4S. The second kappa shape index (κ2) is 7.81. The van der Waals surface area contributed by atoms with Crippen LogP contribution in [0.2, 0.25) is 0 Å². The first-order valence-electron chi connectivity index (χ1n) is 8.78. The average Bonchev–Trinajstić information content (AvgIpc) is 3.29. The van der Waals surface area contributed by atoms with E-state index in [1.54, 1.807) is 30.3 Å². The Morgan fingerprint density at radius 2 is 1.93 bits per heavy atom. The van der Waals surface area contributed by atoms with E-state index in [2.05, 4.69) is 10.3 Å². The predicted molar refractivity (Wildman–Crippen MR) is 113 cm³/mol. The van der Waals surface area contributed by atoms with Gasteiger partial charge in [0.05, 0.1) is 16.2 Å². The first-order valence-corrected chi connectivity index (χ1v) is 9.60. The summed E-state index contributed by atoms with van der Waals surface area (Å²) in [4.78, 5) is 28.2. The lowest BCUT2D eigenvalue weighted by molar-refractivity contribution is -0.115. The van der Waals surface area contributed by atoms with Gasteiger partial charge in [-0.3, -0.25) is 4.79 Å². The van der Waals surface area contributed by atoms with Crippen molar-refractivity contribution in [1.29, 1.82) is 0 Å². The molecule has 2 aromatic carbocycles. The van der Waals surface area contributed by atoms with E-state index in [0.717, 1.165) is 16.8 Å². The number of thioether (sulfide) groups is 1. The summed E-state index contributed by atoms with van der Waals surface area (Å²) in [5.41, 5.74) is 2.58. The number of para-hydroxylation sites is 1. The number of rotatable bonds is 4. The number of carbonyl (C=O) groups is 2. The zero-order chi connectivity index (χ0) is 20.4. The summed E-state index contributed by atoms with van der Waals surface area (Å²) >= 11 is 1.25. The van der Waals surface area contributed by atoms with Crippen molar-refractivity contribution in [3.05, 3.63) is 82.5 Å². The van der Waals surface area contributed by atoms with Crippen LogP contribution < -0.4 is 5.32 Å². The number of aromatic carboxylic acids is 1. The molecule has 1 aliphatic rings. The number of amidine groups is 1. The summed E-state index contributed by atoms with van der Waals surface area (Å²) in [6.45, 7) is 1.83. The van der Waals surface area contributed by atoms with Gasteiger partial charge in [-0.05, 0) is 60.6 Å². The molecular weight excluding hydrogens is 388 g/mol. The molecule has 7 heteroatoms. The Balaban J connectivity index is 1.56. The van der Waals surface area contributed by atoms with Crippen molar-refractivity contribution in [1.82, 2.24) is 5.32 Å². The van der Waals surface area contributed by atoms with E-state index in [1.165, 1.54) is 17.8 Å². The lowest BCUT2D eigenvalue weighted by atomic mass is 10.0. The Bertz CT molecular complexity index is 1160. The van der Waals surface area contributed by atoms with Gasteiger partial charge in [0, 0.05) is 11.6 Å². The Hall–Kier alpha value is -3.58. The number of nitrogens with one attached hydrogen (secondary N) is 1. The van der Waals surface area contributed by atoms with Gasteiger partial charge in [-0.15, -0.1) is 0 Å². The largest absolute Gasteiger partial charge is 0.478 e. The monoisotopic (exact) mass is 404 g/mol. The first-order chi connectivity index (χ1) is 14.0. The van der Waals surface area contributed by atoms with Crippen LogP contribution in [0.25, 0.3) is 17.4 Å². The zero-order valence-corrected chi connectivity index (χ0v) is 16.2. The van der Waals surface area contributed by atoms with Crippen LogP contribution in [-0.2, 0) is 4.79 Å². The van der Waals surface area contributed by atoms with E-state index >= 15 is 0 Å². The predicted octanol–water partition coefficient (Wildman–Crippen LogP) is 4.84. The zero-order valence-electron chi connectivity index (χ0n) is 15.4. The maximum atomic E-state index is 12.2. The molecule has 0 aliphatic carbocycles. The van der Waals surface area contributed by atoms with Crippen molar-refractivity contribution in [3.8, 4) is 11.3 Å². The molecule has 29 heavy (non-hydrogen) atoms. The number of carboxylic acids is 1. The van der Waals surface area contributed by atoms with Gasteiger partial charge in [-0.2, -0.15) is 0 Å². The van der Waals surface area contributed by atoms with Crippen LogP contribution in [0.3, 0.4) is 0 Å². The third kappa shape index (κ3) is 4.14. The topological polar surface area (TPSA) is 91.9 Å². The SMILES string of the molecule is Cc1cc(C(=O)O)ccc1-c1ccc(/C=C2\SC(=Nc3ccccc3)NC2=O)o1. The minimum Gasteiger partial charge on any atom is -0.478 e. The second-order valence-electron chi connectivity index (χ2n) is 6.35. The van der Waals surface area contributed by atoms with Crippen LogP contribution in [0, 0.1) is 6.92 Å². The summed E-state index contributed by atoms with van der Waals surface area (Å²) in [6.07, 6.45) is 1.66. The summed E-state index contributed by atoms with van der Waals surface area (Å²) in [6, 6.07) is 17.8. The molecule has 0 bridgehead atoms. The van der Waals surface area contributed by atoms with E-state index in [4.69, 9.17) is 9.52 Å². The van der Waals surface area contributed by atoms with E-state index < -0.39 is 5.97 Å². The molecule has 0 spiro atoms. The Labute approximate surface area is 171 Å². The van der Waals surface area contributed by atoms with Crippen LogP contribution in [-0.4, -0.2) is 22.2 Å². The fraction of sp³-hybridized carbons (Fsp3) is 0.0455. The van der Waals surface area contributed by atoms with Crippen molar-refractivity contribution in [2.24, 2.45) is 4.99 Å². The molecule has 0 atom stereocenters. The number of hydrogen-bond donors (Lipinski definition) is 2. The van der Waals surface area contributed by atoms with Crippen LogP contribution in [0.4, 0.5) is 5.69 Å². The van der Waals surface area contributed by atoms with Gasteiger partial charge in [0.15, 0.2) is 5.17 Å². The van der Waals surface area contributed by atoms with Gasteiger partial charge in [0.2, 0.25) is 0 Å². The summed E-state index contributed by atoms with van der Waals surface area (Å²) in [5, 5.41) is 12.4. The van der Waals surface area contributed by atoms with E-state index in [-0.39, 0.29) is 11.5 Å². The van der Waals surface area contributed by atoms with E-state index in [0.29, 0.717) is 21.6 Å². The molecule has 2 N–H and O–H groups in total. The number of furan rings is 1. The molecule has 0 radical (unpaired) electrons. The van der Waals surface area contributed by atoms with Crippen molar-refractivity contribution in [3.63, 3.8) is 0 Å². The smallest absolute Gasteiger partial charge is 0.335 e. The maximum absolute atomic E-state index is 12.2. The van der Waals surface area contributed by atoms with Crippen molar-refractivity contribution >= 4 is 40.6 Å². The van der Waals surface area contributed by atoms with Crippen LogP contribution in [0.1, 0.15) is 21.7 Å². The molecule has 4 rings (SSSR count). The normalized spacial score (nSPS) is 16.4. The van der Waals surface area contributed by atoms with Gasteiger partial charge < -0.3 is 14.8 Å². The summed E-state index contributed by atoms with van der Waals surface area (Å²) in [5.74, 6) is -0.0698. The third-order valence-corrected chi connectivity index (χ3v) is 5.19. The fourth-order valence-electron chi connectivity index (χ4n) is 2.88. The Morgan fingerprint density at radius 3 is 2.66 bits per heavy atom. The van der Waals surface area contributed by atoms with Crippen LogP contribution in [0.15, 0.2) is 75.0 Å². The number of aryl methyl sites for hydroxylation is 1. The highest BCUT2D eigenvalue weighted by molar-refractivity contribution is 8.18. The lowest BCUT2D eigenvalue weighted by Gasteiger charge is -2.04. The number of carboxylic acid groups (broad SMARTS) is 1. The highest BCUT2D eigenvalue weighted by Gasteiger charge is 2.24. The molecule has 1 aromatic heterocycles. The second-order valence-corrected chi connectivity index (χ2v) is 7.38. The summed E-state index contributed by atoms with van der Waals surface area (Å²) < 4.78 is 5.86. The number of benzene rings is 2. The van der Waals surface area contributed by atoms with E-state index in [1.807, 2.05) is 37.3 Å². The number of carbonyl (C=O) groups excluding carboxylic acids is 1. The molecule has 0 saturated carbocycles.